The van der Waals surface area contributed by atoms with Crippen LogP contribution in [0.1, 0.15) is 129 Å². The smallest absolute Gasteiger partial charge is 0.252 e. The molecule has 4 heterocycles. The van der Waals surface area contributed by atoms with Crippen LogP contribution in [0, 0.1) is 0 Å². The van der Waals surface area contributed by atoms with Crippen LogP contribution < -0.4 is 40.6 Å². The van der Waals surface area contributed by atoms with Crippen molar-refractivity contribution in [3.05, 3.63) is 251 Å². The Balaban J connectivity index is 0.976. The first-order valence-corrected chi connectivity index (χ1v) is 33.3. The van der Waals surface area contributed by atoms with Gasteiger partial charge in [0.2, 0.25) is 0 Å². The number of benzene rings is 11. The van der Waals surface area contributed by atoms with Gasteiger partial charge in [0.25, 0.3) is 6.71 Å². The molecule has 0 spiro atoms. The molecule has 6 nitrogen and oxygen atoms in total. The molecule has 0 N–H and O–H groups in total. The van der Waals surface area contributed by atoms with Gasteiger partial charge in [-0.25, -0.2) is 0 Å². The fourth-order valence-electron chi connectivity index (χ4n) is 16.2. The summed E-state index contributed by atoms with van der Waals surface area (Å²) >= 11 is 0. The van der Waals surface area contributed by atoms with Crippen LogP contribution in [0.3, 0.4) is 0 Å². The second kappa shape index (κ2) is 19.9. The van der Waals surface area contributed by atoms with E-state index < -0.39 is 0 Å². The van der Waals surface area contributed by atoms with Gasteiger partial charge in [0.15, 0.2) is 11.5 Å². The molecule has 0 saturated heterocycles. The summed E-state index contributed by atoms with van der Waals surface area (Å²) in [4.78, 5) is 7.74. The summed E-state index contributed by atoms with van der Waals surface area (Å²) in [5.41, 5.74) is 28.9. The van der Waals surface area contributed by atoms with Crippen molar-refractivity contribution >= 4 is 96.0 Å². The van der Waals surface area contributed by atoms with Crippen LogP contribution in [0.5, 0.6) is 11.5 Å². The number of hydrogen-bond acceptors (Lipinski definition) is 6. The van der Waals surface area contributed by atoms with Gasteiger partial charge in [-0.1, -0.05) is 211 Å². The Morgan fingerprint density at radius 2 is 0.978 bits per heavy atom. The normalized spacial score (nSPS) is 15.3. The van der Waals surface area contributed by atoms with Gasteiger partial charge >= 0.3 is 0 Å². The third kappa shape index (κ3) is 8.67. The minimum absolute atomic E-state index is 0.0422. The fourth-order valence-corrected chi connectivity index (χ4v) is 16.2. The molecule has 0 saturated carbocycles. The Morgan fingerprint density at radius 3 is 1.65 bits per heavy atom. The lowest BCUT2D eigenvalue weighted by Gasteiger charge is -2.45. The number of para-hydroxylation sites is 1. The van der Waals surface area contributed by atoms with Gasteiger partial charge in [0.05, 0.1) is 11.4 Å². The van der Waals surface area contributed by atoms with E-state index >= 15 is 0 Å². The summed E-state index contributed by atoms with van der Waals surface area (Å²) in [5, 5.41) is 3.53. The Bertz CT molecular complexity index is 5090. The number of hydrogen-bond donors (Lipinski definition) is 0. The van der Waals surface area contributed by atoms with E-state index in [1.54, 1.807) is 0 Å². The van der Waals surface area contributed by atoms with E-state index in [0.717, 1.165) is 85.0 Å². The molecule has 93 heavy (non-hydrogen) atoms. The maximum atomic E-state index is 6.61. The minimum atomic E-state index is -0.372. The molecule has 3 aliphatic heterocycles. The summed E-state index contributed by atoms with van der Waals surface area (Å²) in [6.07, 6.45) is 0. The van der Waals surface area contributed by atoms with Gasteiger partial charge in [-0.05, 0) is 184 Å². The van der Waals surface area contributed by atoms with Gasteiger partial charge < -0.3 is 28.6 Å². The van der Waals surface area contributed by atoms with Gasteiger partial charge in [0.1, 0.15) is 24.6 Å². The lowest BCUT2D eigenvalue weighted by atomic mass is 9.33. The van der Waals surface area contributed by atoms with Gasteiger partial charge in [-0.3, -0.25) is 0 Å². The Morgan fingerprint density at radius 1 is 0.419 bits per heavy atom. The maximum Gasteiger partial charge on any atom is 0.252 e. The van der Waals surface area contributed by atoms with Crippen LogP contribution in [0.15, 0.2) is 217 Å². The van der Waals surface area contributed by atoms with Gasteiger partial charge in [-0.2, -0.15) is 0 Å². The second-order valence-corrected chi connectivity index (χ2v) is 30.8. The van der Waals surface area contributed by atoms with E-state index in [-0.39, 0.29) is 33.8 Å². The predicted molar refractivity (Wildman–Crippen MR) is 390 cm³/mol. The number of ether oxygens (including phenoxy) is 2. The van der Waals surface area contributed by atoms with Crippen molar-refractivity contribution < 1.29 is 13.9 Å². The third-order valence-corrected chi connectivity index (χ3v) is 21.3. The molecule has 7 heteroatoms. The van der Waals surface area contributed by atoms with Gasteiger partial charge in [-0.15, -0.1) is 0 Å². The first-order chi connectivity index (χ1) is 44.5. The van der Waals surface area contributed by atoms with E-state index in [1.165, 1.54) is 88.4 Å². The average molecular weight is 1210 g/mol. The molecular weight excluding hydrogens is 1130 g/mol. The van der Waals surface area contributed by atoms with E-state index in [2.05, 4.69) is 311 Å². The number of rotatable bonds is 6. The van der Waals surface area contributed by atoms with Crippen molar-refractivity contribution in [3.8, 4) is 45.1 Å². The summed E-state index contributed by atoms with van der Waals surface area (Å²) in [6, 6.07) is 81.2. The van der Waals surface area contributed by atoms with Crippen LogP contribution in [0.2, 0.25) is 0 Å². The molecule has 12 aromatic rings. The summed E-state index contributed by atoms with van der Waals surface area (Å²) in [7, 11) is 0. The number of anilines is 9. The summed E-state index contributed by atoms with van der Waals surface area (Å²) in [5.74, 6) is 2.42. The van der Waals surface area contributed by atoms with Crippen molar-refractivity contribution in [1.29, 1.82) is 0 Å². The standard InChI is InChI=1S/C86H78BN3O3/c1-82(2,3)53-27-32-56(33-28-53)89-71-39-31-55(84(7,8)9)44-69(71)87-70-49-78-79(92-41-40-91-78)50-73(70)90(57-34-29-54(30-35-57)83(4,5)6)75-47-59(46-74(89)81(75)87)88(72-48-68-80(63-22-16-15-21-62(63)72)64-23-17-18-24-65(64)85(68,10)11)58-36-38-61-60-37-26-52(42-66(60)86(12,13)67(61)45-58)77-43-51-20-14-19-25-76(51)93-77/h14-39,42-50H,40-41H2,1-13H3. The zero-order valence-corrected chi connectivity index (χ0v) is 55.8. The van der Waals surface area contributed by atoms with Crippen molar-refractivity contribution in [2.45, 2.75) is 117 Å². The zero-order valence-electron chi connectivity index (χ0n) is 55.8. The molecule has 0 bridgehead atoms. The molecule has 458 valence electrons. The molecule has 17 rings (SSSR count). The molecule has 11 aromatic carbocycles. The Labute approximate surface area is 548 Å². The van der Waals surface area contributed by atoms with Crippen molar-refractivity contribution in [2.24, 2.45) is 0 Å². The molecule has 0 atom stereocenters. The van der Waals surface area contributed by atoms with Crippen LogP contribution in [0.25, 0.3) is 55.3 Å². The largest absolute Gasteiger partial charge is 0.486 e. The molecule has 2 aliphatic carbocycles. The van der Waals surface area contributed by atoms with Crippen LogP contribution in [0.4, 0.5) is 51.2 Å². The van der Waals surface area contributed by atoms with E-state index in [1.807, 2.05) is 6.07 Å². The average Bonchev–Trinajstić information content (AvgIpc) is 0.937. The molecule has 0 radical (unpaired) electrons. The highest BCUT2D eigenvalue weighted by atomic mass is 16.6. The van der Waals surface area contributed by atoms with Crippen molar-refractivity contribution in [2.75, 3.05) is 27.9 Å². The lowest BCUT2D eigenvalue weighted by molar-refractivity contribution is 0.172. The highest BCUT2D eigenvalue weighted by molar-refractivity contribution is 7.00. The Hall–Kier alpha value is -9.72. The topological polar surface area (TPSA) is 41.3 Å². The molecule has 0 amide bonds. The SMILES string of the molecule is CC(C)(C)c1ccc(N2c3ccc(C(C)(C)C)cc3B3c4cc5c(cc4N(c4ccc(C(C)(C)C)cc4)c4cc(N(c6ccc7c(c6)C(C)(C)c6cc(-c8cc9ccccc9o8)ccc6-7)c6cc7c(c8ccccc68)-c6ccccc6C7(C)C)cc2c43)OCCO5)cc1. The number of nitrogens with zero attached hydrogens (tertiary/aromatic N) is 3. The number of furan rings is 1. The summed E-state index contributed by atoms with van der Waals surface area (Å²) < 4.78 is 19.8. The monoisotopic (exact) mass is 1210 g/mol. The molecule has 5 aliphatic rings. The molecule has 0 unspecified atom stereocenters. The minimum Gasteiger partial charge on any atom is -0.486 e. The second-order valence-electron chi connectivity index (χ2n) is 30.8. The fraction of sp³-hybridized carbons (Fsp3) is 0.233. The lowest BCUT2D eigenvalue weighted by Crippen LogP contribution is -2.61. The van der Waals surface area contributed by atoms with E-state index in [0.29, 0.717) is 13.2 Å². The Kier molecular flexibility index (Phi) is 12.2. The van der Waals surface area contributed by atoms with E-state index in [4.69, 9.17) is 13.9 Å². The first-order valence-electron chi connectivity index (χ1n) is 33.3. The van der Waals surface area contributed by atoms with Gasteiger partial charge in [0, 0.05) is 73.0 Å². The quantitative estimate of drug-likeness (QED) is 0.155. The third-order valence-electron chi connectivity index (χ3n) is 21.3. The summed E-state index contributed by atoms with van der Waals surface area (Å²) in [6.45, 7) is 31.3. The van der Waals surface area contributed by atoms with Crippen molar-refractivity contribution in [3.63, 3.8) is 0 Å². The molecule has 0 fully saturated rings. The van der Waals surface area contributed by atoms with Crippen LogP contribution in [-0.2, 0) is 27.1 Å². The first kappa shape index (κ1) is 57.2. The van der Waals surface area contributed by atoms with Crippen LogP contribution in [-0.4, -0.2) is 19.9 Å². The highest BCUT2D eigenvalue weighted by Gasteiger charge is 2.47. The van der Waals surface area contributed by atoms with Crippen molar-refractivity contribution in [1.82, 2.24) is 0 Å². The highest BCUT2D eigenvalue weighted by Crippen LogP contribution is 2.58. The molecule has 1 aromatic heterocycles. The van der Waals surface area contributed by atoms with E-state index in [9.17, 15) is 0 Å². The van der Waals surface area contributed by atoms with Crippen LogP contribution >= 0.6 is 0 Å². The predicted octanol–water partition coefficient (Wildman–Crippen LogP) is 21.1. The zero-order chi connectivity index (χ0) is 64.0. The number of fused-ring (bicyclic) bond motifs is 14. The molecular formula is C86H78BN3O3. The maximum absolute atomic E-state index is 6.61.